The fraction of sp³-hybridized carbons (Fsp3) is 0.750. The maximum Gasteiger partial charge on any atom is 0.0592 e. The van der Waals surface area contributed by atoms with Gasteiger partial charge in [-0.3, -0.25) is 4.98 Å². The molecule has 1 saturated heterocycles. The molecule has 0 amide bonds. The van der Waals surface area contributed by atoms with Gasteiger partial charge < -0.3 is 15.4 Å². The molecule has 1 aromatic heterocycles. The molecule has 4 nitrogen and oxygen atoms in total. The molecule has 0 spiro atoms. The Morgan fingerprint density at radius 1 is 1.20 bits per heavy atom. The molecule has 1 saturated carbocycles. The Labute approximate surface area is 159 Å². The predicted molar refractivity (Wildman–Crippen MR) is 113 cm³/mol. The van der Waals surface area contributed by atoms with Crippen LogP contribution in [0.5, 0.6) is 0 Å². The quantitative estimate of drug-likeness (QED) is 0.647. The van der Waals surface area contributed by atoms with E-state index in [1.54, 1.807) is 0 Å². The van der Waals surface area contributed by atoms with E-state index < -0.39 is 0 Å². The molecule has 2 aliphatic rings. The Kier molecular flexibility index (Phi) is 12.0. The minimum atomic E-state index is 0.0413. The molecule has 2 fully saturated rings. The molecular weight excluding hydrogens is 328 g/mol. The van der Waals surface area contributed by atoms with Crippen molar-refractivity contribution in [3.63, 3.8) is 0 Å². The molecule has 0 bridgehead atoms. The Bertz CT molecular complexity index is 445. The molecule has 1 aliphatic heterocycles. The number of nitrogens with one attached hydrogen (secondary N) is 1. The van der Waals surface area contributed by atoms with Crippen LogP contribution < -0.4 is 10.5 Å². The van der Waals surface area contributed by atoms with Gasteiger partial charge in [-0.05, 0) is 75.8 Å². The van der Waals surface area contributed by atoms with E-state index in [4.69, 9.17) is 5.73 Å². The second-order valence-corrected chi connectivity index (χ2v) is 7.29. The fourth-order valence-corrected chi connectivity index (χ4v) is 3.51. The van der Waals surface area contributed by atoms with Crippen molar-refractivity contribution in [1.29, 1.82) is 0 Å². The lowest BCUT2D eigenvalue weighted by molar-refractivity contribution is 0.221. The minimum absolute atomic E-state index is 0.0413. The van der Waals surface area contributed by atoms with Gasteiger partial charge in [-0.1, -0.05) is 34.1 Å². The molecule has 1 atom stereocenters. The summed E-state index contributed by atoms with van der Waals surface area (Å²) < 4.78 is 3.42. The second-order valence-electron chi connectivity index (χ2n) is 6.19. The minimum Gasteiger partial charge on any atom is -0.329 e. The summed E-state index contributed by atoms with van der Waals surface area (Å²) in [5.74, 6) is 0. The lowest BCUT2D eigenvalue weighted by Crippen LogP contribution is -2.32. The zero-order valence-electron chi connectivity index (χ0n) is 16.6. The van der Waals surface area contributed by atoms with Crippen LogP contribution in [0.1, 0.15) is 78.0 Å². The van der Waals surface area contributed by atoms with Gasteiger partial charge >= 0.3 is 0 Å². The van der Waals surface area contributed by atoms with Crippen LogP contribution in [0.25, 0.3) is 0 Å². The van der Waals surface area contributed by atoms with Crippen LogP contribution in [0.3, 0.4) is 0 Å². The van der Waals surface area contributed by atoms with E-state index in [0.29, 0.717) is 0 Å². The summed E-state index contributed by atoms with van der Waals surface area (Å²) in [6.07, 6.45) is 9.60. The first-order valence-corrected chi connectivity index (χ1v) is 11.0. The van der Waals surface area contributed by atoms with Gasteiger partial charge in [0.05, 0.1) is 5.69 Å². The highest BCUT2D eigenvalue weighted by Crippen LogP contribution is 2.34. The van der Waals surface area contributed by atoms with Gasteiger partial charge in [0.1, 0.15) is 0 Å². The number of nitrogens with zero attached hydrogens (tertiary/aromatic N) is 2. The van der Waals surface area contributed by atoms with E-state index >= 15 is 0 Å². The Morgan fingerprint density at radius 2 is 1.88 bits per heavy atom. The smallest absolute Gasteiger partial charge is 0.0592 e. The average Bonchev–Trinajstić information content (AvgIpc) is 3.53. The van der Waals surface area contributed by atoms with Gasteiger partial charge in [0, 0.05) is 23.2 Å². The highest BCUT2D eigenvalue weighted by atomic mass is 32.2. The van der Waals surface area contributed by atoms with Crippen molar-refractivity contribution in [2.45, 2.75) is 77.5 Å². The van der Waals surface area contributed by atoms with Crippen LogP contribution in [0.2, 0.25) is 0 Å². The summed E-state index contributed by atoms with van der Waals surface area (Å²) in [4.78, 5) is 6.99. The second kappa shape index (κ2) is 13.4. The molecule has 0 aromatic carbocycles. The molecule has 3 N–H and O–H groups in total. The molecule has 1 aliphatic carbocycles. The number of aromatic nitrogens is 1. The van der Waals surface area contributed by atoms with Crippen LogP contribution in [0.15, 0.2) is 18.3 Å². The summed E-state index contributed by atoms with van der Waals surface area (Å²) in [6, 6.07) is 4.17. The van der Waals surface area contributed by atoms with Crippen molar-refractivity contribution in [2.75, 3.05) is 24.4 Å². The van der Waals surface area contributed by atoms with Crippen LogP contribution in [-0.2, 0) is 0 Å². The van der Waals surface area contributed by atoms with E-state index in [1.165, 1.54) is 45.2 Å². The predicted octanol–water partition coefficient (Wildman–Crippen LogP) is 5.23. The van der Waals surface area contributed by atoms with Gasteiger partial charge in [0.25, 0.3) is 0 Å². The van der Waals surface area contributed by atoms with E-state index in [1.807, 2.05) is 51.9 Å². The molecule has 5 heteroatoms. The van der Waals surface area contributed by atoms with Gasteiger partial charge in [0.15, 0.2) is 0 Å². The third kappa shape index (κ3) is 8.93. The van der Waals surface area contributed by atoms with Crippen LogP contribution >= 0.6 is 11.9 Å². The van der Waals surface area contributed by atoms with E-state index in [2.05, 4.69) is 20.7 Å². The van der Waals surface area contributed by atoms with Gasteiger partial charge in [0.2, 0.25) is 0 Å². The van der Waals surface area contributed by atoms with Gasteiger partial charge in [-0.25, -0.2) is 0 Å². The lowest BCUT2D eigenvalue weighted by atomic mass is 10.1. The number of likely N-dealkylation sites (tertiary alicyclic amines) is 1. The number of nitrogens with two attached hydrogens (primary N) is 1. The summed E-state index contributed by atoms with van der Waals surface area (Å²) in [5, 5.41) is 0.800. The maximum absolute atomic E-state index is 6.33. The van der Waals surface area contributed by atoms with Crippen LogP contribution in [0, 0.1) is 0 Å². The Balaban J connectivity index is 0.000000730. The zero-order valence-corrected chi connectivity index (χ0v) is 17.4. The highest BCUT2D eigenvalue weighted by molar-refractivity contribution is 8.01. The zero-order chi connectivity index (χ0) is 18.5. The Morgan fingerprint density at radius 3 is 2.52 bits per heavy atom. The third-order valence-corrected chi connectivity index (χ3v) is 5.39. The maximum atomic E-state index is 6.33. The van der Waals surface area contributed by atoms with Crippen molar-refractivity contribution < 1.29 is 0 Å². The van der Waals surface area contributed by atoms with Crippen LogP contribution in [-0.4, -0.2) is 34.8 Å². The van der Waals surface area contributed by atoms with Crippen molar-refractivity contribution in [3.8, 4) is 0 Å². The topological polar surface area (TPSA) is 54.2 Å². The molecule has 144 valence electrons. The number of hydrogen-bond acceptors (Lipinski definition) is 5. The van der Waals surface area contributed by atoms with Gasteiger partial charge in [-0.15, -0.1) is 0 Å². The summed E-state index contributed by atoms with van der Waals surface area (Å²) in [6.45, 7) is 11.6. The third-order valence-electron chi connectivity index (χ3n) is 4.23. The van der Waals surface area contributed by atoms with E-state index in [9.17, 15) is 0 Å². The molecular formula is C20H38N4S. The standard InChI is InChI=1S/C16H26N4S.2C2H6/c17-15(7-11-20-9-2-1-3-10-20)16-12-13(6-8-18-16)19-21-14-4-5-14;2*1-2/h6,8,12,14-15H,1-5,7,9-11,17H2,(H,18,19);2*1-2H3. The molecule has 3 rings (SSSR count). The summed E-state index contributed by atoms with van der Waals surface area (Å²) in [5.41, 5.74) is 8.46. The monoisotopic (exact) mass is 366 g/mol. The SMILES string of the molecule is CC.CC.NC(CCN1CCCCC1)c1cc(NSC2CC2)ccn1. The Hall–Kier alpha value is -0.780. The molecule has 1 aromatic rings. The van der Waals surface area contributed by atoms with Gasteiger partial charge in [-0.2, -0.15) is 0 Å². The van der Waals surface area contributed by atoms with Crippen LogP contribution in [0.4, 0.5) is 5.69 Å². The van der Waals surface area contributed by atoms with Crippen molar-refractivity contribution in [3.05, 3.63) is 24.0 Å². The number of pyridine rings is 1. The molecule has 1 unspecified atom stereocenters. The van der Waals surface area contributed by atoms with Crippen molar-refractivity contribution >= 4 is 17.6 Å². The first kappa shape index (κ1) is 22.3. The van der Waals surface area contributed by atoms with Crippen molar-refractivity contribution in [2.24, 2.45) is 5.73 Å². The number of piperidine rings is 1. The first-order valence-electron chi connectivity index (χ1n) is 10.2. The average molecular weight is 367 g/mol. The normalized spacial score (nSPS) is 18.3. The lowest BCUT2D eigenvalue weighted by Gasteiger charge is -2.27. The first-order chi connectivity index (χ1) is 12.3. The highest BCUT2D eigenvalue weighted by Gasteiger charge is 2.22. The number of rotatable bonds is 7. The van der Waals surface area contributed by atoms with E-state index in [-0.39, 0.29) is 6.04 Å². The number of anilines is 1. The molecule has 2 heterocycles. The summed E-state index contributed by atoms with van der Waals surface area (Å²) >= 11 is 1.83. The van der Waals surface area contributed by atoms with E-state index in [0.717, 1.165) is 29.6 Å². The fourth-order valence-electron chi connectivity index (χ4n) is 2.70. The molecule has 25 heavy (non-hydrogen) atoms. The number of hydrogen-bond donors (Lipinski definition) is 2. The molecule has 0 radical (unpaired) electrons. The largest absolute Gasteiger partial charge is 0.329 e. The summed E-state index contributed by atoms with van der Waals surface area (Å²) in [7, 11) is 0. The van der Waals surface area contributed by atoms with Crippen molar-refractivity contribution in [1.82, 2.24) is 9.88 Å².